The number of allylic oxidation sites excluding steroid dienone is 1. The predicted octanol–water partition coefficient (Wildman–Crippen LogP) is 5.09. The van der Waals surface area contributed by atoms with Crippen LogP contribution in [0.4, 0.5) is 0 Å². The van der Waals surface area contributed by atoms with Gasteiger partial charge in [0.1, 0.15) is 0 Å². The fourth-order valence-electron chi connectivity index (χ4n) is 2.98. The van der Waals surface area contributed by atoms with E-state index in [2.05, 4.69) is 80.3 Å². The van der Waals surface area contributed by atoms with Crippen molar-refractivity contribution in [3.63, 3.8) is 0 Å². The zero-order valence-corrected chi connectivity index (χ0v) is 12.9. The van der Waals surface area contributed by atoms with Gasteiger partial charge in [0.2, 0.25) is 0 Å². The van der Waals surface area contributed by atoms with E-state index < -0.39 is 8.07 Å². The minimum atomic E-state index is -1.31. The minimum absolute atomic E-state index is 0.476. The summed E-state index contributed by atoms with van der Waals surface area (Å²) in [7, 11) is -1.31. The fourth-order valence-corrected chi connectivity index (χ4v) is 4.75. The van der Waals surface area contributed by atoms with E-state index in [1.54, 1.807) is 5.20 Å². The molecule has 0 aliphatic heterocycles. The summed E-state index contributed by atoms with van der Waals surface area (Å²) in [6, 6.07) is 19.8. The molecule has 1 aliphatic rings. The van der Waals surface area contributed by atoms with Gasteiger partial charge in [0, 0.05) is 5.92 Å². The van der Waals surface area contributed by atoms with Crippen LogP contribution in [0.25, 0.3) is 6.08 Å². The molecular weight excluding hydrogens is 244 g/mol. The Balaban J connectivity index is 2.17. The van der Waals surface area contributed by atoms with E-state index in [-0.39, 0.29) is 0 Å². The van der Waals surface area contributed by atoms with Crippen LogP contribution in [0, 0.1) is 0 Å². The number of fused-ring (bicyclic) bond motifs is 1. The summed E-state index contributed by atoms with van der Waals surface area (Å²) in [5.41, 5.74) is 4.32. The molecule has 2 aromatic rings. The summed E-state index contributed by atoms with van der Waals surface area (Å²) in [6.45, 7) is 7.34. The molecule has 1 heteroatoms. The maximum atomic E-state index is 2.45. The van der Waals surface area contributed by atoms with E-state index >= 15 is 0 Å². The molecule has 1 atom stereocenters. The van der Waals surface area contributed by atoms with Crippen molar-refractivity contribution in [1.82, 2.24) is 0 Å². The standard InChI is InChI=1S/C18H20Si/c1-19(2,3)17-13-15-11-7-8-12-16(15)18(17)14-9-5-4-6-10-14/h4-13,18H,1-3H3. The van der Waals surface area contributed by atoms with Crippen LogP contribution in [-0.4, -0.2) is 8.07 Å². The highest BCUT2D eigenvalue weighted by Crippen LogP contribution is 2.44. The van der Waals surface area contributed by atoms with E-state index in [0.29, 0.717) is 5.92 Å². The summed E-state index contributed by atoms with van der Waals surface area (Å²) >= 11 is 0. The molecule has 2 aromatic carbocycles. The second-order valence-electron chi connectivity index (χ2n) is 6.32. The fraction of sp³-hybridized carbons (Fsp3) is 0.222. The largest absolute Gasteiger partial charge is 0.0737 e. The van der Waals surface area contributed by atoms with Gasteiger partial charge < -0.3 is 0 Å². The Bertz CT molecular complexity index is 618. The van der Waals surface area contributed by atoms with Gasteiger partial charge in [-0.15, -0.1) is 0 Å². The monoisotopic (exact) mass is 264 g/mol. The van der Waals surface area contributed by atoms with Gasteiger partial charge >= 0.3 is 0 Å². The first-order valence-corrected chi connectivity index (χ1v) is 10.4. The van der Waals surface area contributed by atoms with Crippen molar-refractivity contribution in [2.75, 3.05) is 0 Å². The number of benzene rings is 2. The molecule has 1 unspecified atom stereocenters. The molecule has 0 saturated carbocycles. The average Bonchev–Trinajstić information content (AvgIpc) is 2.79. The molecule has 3 rings (SSSR count). The molecule has 96 valence electrons. The van der Waals surface area contributed by atoms with Gasteiger partial charge in [-0.25, -0.2) is 0 Å². The molecule has 1 aliphatic carbocycles. The Labute approximate surface area is 116 Å². The second-order valence-corrected chi connectivity index (χ2v) is 11.4. The van der Waals surface area contributed by atoms with Gasteiger partial charge in [-0.1, -0.05) is 85.5 Å². The van der Waals surface area contributed by atoms with Crippen LogP contribution in [0.2, 0.25) is 19.6 Å². The summed E-state index contributed by atoms with van der Waals surface area (Å²) in [5.74, 6) is 0.476. The molecule has 0 amide bonds. The van der Waals surface area contributed by atoms with Crippen LogP contribution in [0.15, 0.2) is 59.8 Å². The third-order valence-electron chi connectivity index (χ3n) is 3.93. The molecule has 0 spiro atoms. The van der Waals surface area contributed by atoms with E-state index in [1.807, 2.05) is 0 Å². The first-order chi connectivity index (χ1) is 9.07. The molecule has 0 nitrogen and oxygen atoms in total. The summed E-state index contributed by atoms with van der Waals surface area (Å²) < 4.78 is 0. The first kappa shape index (κ1) is 12.4. The molecule has 0 bridgehead atoms. The van der Waals surface area contributed by atoms with Crippen molar-refractivity contribution in [3.05, 3.63) is 76.5 Å². The second kappa shape index (κ2) is 4.50. The van der Waals surface area contributed by atoms with Gasteiger partial charge in [-0.05, 0) is 16.7 Å². The zero-order chi connectivity index (χ0) is 13.5. The molecule has 0 radical (unpaired) electrons. The molecule has 0 fully saturated rings. The molecule has 0 heterocycles. The Morgan fingerprint density at radius 3 is 2.11 bits per heavy atom. The van der Waals surface area contributed by atoms with Gasteiger partial charge in [0.15, 0.2) is 0 Å². The summed E-state index contributed by atoms with van der Waals surface area (Å²) in [4.78, 5) is 0. The molecule has 0 saturated heterocycles. The lowest BCUT2D eigenvalue weighted by Gasteiger charge is -2.26. The van der Waals surface area contributed by atoms with E-state index in [0.717, 1.165) is 0 Å². The lowest BCUT2D eigenvalue weighted by molar-refractivity contribution is 1.02. The number of hydrogen-bond donors (Lipinski definition) is 0. The van der Waals surface area contributed by atoms with Crippen molar-refractivity contribution < 1.29 is 0 Å². The van der Waals surface area contributed by atoms with Crippen LogP contribution < -0.4 is 0 Å². The molecule has 0 N–H and O–H groups in total. The SMILES string of the molecule is C[Si](C)(C)C1=Cc2ccccc2C1c1ccccc1. The number of rotatable bonds is 2. The van der Waals surface area contributed by atoms with Gasteiger partial charge in [-0.3, -0.25) is 0 Å². The van der Waals surface area contributed by atoms with Crippen LogP contribution in [0.1, 0.15) is 22.6 Å². The maximum Gasteiger partial charge on any atom is 0.0737 e. The normalized spacial score (nSPS) is 18.1. The van der Waals surface area contributed by atoms with Crippen molar-refractivity contribution in [2.24, 2.45) is 0 Å². The van der Waals surface area contributed by atoms with Crippen molar-refractivity contribution in [2.45, 2.75) is 25.6 Å². The Morgan fingerprint density at radius 2 is 1.42 bits per heavy atom. The van der Waals surface area contributed by atoms with Crippen molar-refractivity contribution >= 4 is 14.1 Å². The Kier molecular flexibility index (Phi) is 2.94. The quantitative estimate of drug-likeness (QED) is 0.663. The van der Waals surface area contributed by atoms with E-state index in [9.17, 15) is 0 Å². The lowest BCUT2D eigenvalue weighted by Crippen LogP contribution is -2.27. The Morgan fingerprint density at radius 1 is 0.789 bits per heavy atom. The van der Waals surface area contributed by atoms with Gasteiger partial charge in [0.05, 0.1) is 8.07 Å². The molecule has 0 aromatic heterocycles. The molecule has 19 heavy (non-hydrogen) atoms. The van der Waals surface area contributed by atoms with Crippen LogP contribution >= 0.6 is 0 Å². The average molecular weight is 264 g/mol. The topological polar surface area (TPSA) is 0 Å². The highest BCUT2D eigenvalue weighted by atomic mass is 28.3. The highest BCUT2D eigenvalue weighted by molar-refractivity contribution is 6.84. The van der Waals surface area contributed by atoms with E-state index in [1.165, 1.54) is 16.7 Å². The number of hydrogen-bond acceptors (Lipinski definition) is 0. The smallest absolute Gasteiger partial charge is 0.0689 e. The summed E-state index contributed by atoms with van der Waals surface area (Å²) in [6.07, 6.45) is 2.44. The first-order valence-electron chi connectivity index (χ1n) is 6.93. The van der Waals surface area contributed by atoms with E-state index in [4.69, 9.17) is 0 Å². The van der Waals surface area contributed by atoms with Crippen LogP contribution in [-0.2, 0) is 0 Å². The lowest BCUT2D eigenvalue weighted by atomic mass is 9.93. The van der Waals surface area contributed by atoms with Crippen LogP contribution in [0.5, 0.6) is 0 Å². The highest BCUT2D eigenvalue weighted by Gasteiger charge is 2.33. The minimum Gasteiger partial charge on any atom is -0.0689 e. The van der Waals surface area contributed by atoms with Crippen molar-refractivity contribution in [3.8, 4) is 0 Å². The maximum absolute atomic E-state index is 2.45. The predicted molar refractivity (Wildman–Crippen MR) is 86.1 cm³/mol. The third-order valence-corrected chi connectivity index (χ3v) is 6.09. The summed E-state index contributed by atoms with van der Waals surface area (Å²) in [5, 5.41) is 1.65. The van der Waals surface area contributed by atoms with Crippen LogP contribution in [0.3, 0.4) is 0 Å². The van der Waals surface area contributed by atoms with Gasteiger partial charge in [0.25, 0.3) is 0 Å². The third kappa shape index (κ3) is 2.19. The van der Waals surface area contributed by atoms with Crippen molar-refractivity contribution in [1.29, 1.82) is 0 Å². The Hall–Kier alpha value is -1.60. The molecular formula is C18H20Si. The van der Waals surface area contributed by atoms with Gasteiger partial charge in [-0.2, -0.15) is 0 Å². The zero-order valence-electron chi connectivity index (χ0n) is 11.9.